The van der Waals surface area contributed by atoms with Gasteiger partial charge in [-0.1, -0.05) is 170 Å². The zero-order valence-corrected chi connectivity index (χ0v) is 36.0. The zero-order valence-electron chi connectivity index (χ0n) is 36.0. The molecule has 1 atom stereocenters. The Morgan fingerprint density at radius 1 is 0.482 bits per heavy atom. The Morgan fingerprint density at radius 3 is 1.39 bits per heavy atom. The van der Waals surface area contributed by atoms with E-state index in [1.54, 1.807) is 0 Å². The van der Waals surface area contributed by atoms with Crippen LogP contribution in [0.15, 0.2) is 85.1 Å². The molecular formula is C50H83NO5. The summed E-state index contributed by atoms with van der Waals surface area (Å²) in [5.41, 5.74) is 0. The lowest BCUT2D eigenvalue weighted by Crippen LogP contribution is -2.28. The molecule has 0 aliphatic heterocycles. The Kier molecular flexibility index (Phi) is 41.6. The van der Waals surface area contributed by atoms with Gasteiger partial charge in [0.1, 0.15) is 12.6 Å². The van der Waals surface area contributed by atoms with E-state index in [0.29, 0.717) is 19.3 Å². The Labute approximate surface area is 344 Å². The number of hydrogen-bond acceptors (Lipinski definition) is 4. The molecule has 0 rings (SSSR count). The minimum Gasteiger partial charge on any atom is -0.480 e. The number of ether oxygens (including phenoxy) is 1. The van der Waals surface area contributed by atoms with Crippen molar-refractivity contribution in [3.05, 3.63) is 85.1 Å². The van der Waals surface area contributed by atoms with Crippen molar-refractivity contribution < 1.29 is 24.2 Å². The van der Waals surface area contributed by atoms with Crippen molar-refractivity contribution >= 4 is 17.8 Å². The van der Waals surface area contributed by atoms with E-state index in [2.05, 4.69) is 104 Å². The summed E-state index contributed by atoms with van der Waals surface area (Å²) in [6.45, 7) is 4.10. The van der Waals surface area contributed by atoms with Crippen LogP contribution in [0.2, 0.25) is 0 Å². The second-order valence-electron chi connectivity index (χ2n) is 14.9. The molecule has 0 aromatic heterocycles. The van der Waals surface area contributed by atoms with E-state index < -0.39 is 5.97 Å². The van der Waals surface area contributed by atoms with Gasteiger partial charge < -0.3 is 15.2 Å². The largest absolute Gasteiger partial charge is 0.480 e. The third-order valence-electron chi connectivity index (χ3n) is 9.56. The number of rotatable bonds is 40. The van der Waals surface area contributed by atoms with Crippen molar-refractivity contribution in [1.29, 1.82) is 0 Å². The molecule has 0 aromatic carbocycles. The molecule has 0 saturated heterocycles. The lowest BCUT2D eigenvalue weighted by Gasteiger charge is -2.18. The smallest absolute Gasteiger partial charge is 0.322 e. The van der Waals surface area contributed by atoms with Gasteiger partial charge in [-0.25, -0.2) is 0 Å². The molecule has 56 heavy (non-hydrogen) atoms. The van der Waals surface area contributed by atoms with Crippen LogP contribution in [-0.4, -0.2) is 35.6 Å². The molecule has 1 amide bonds. The highest BCUT2D eigenvalue weighted by Crippen LogP contribution is 2.18. The van der Waals surface area contributed by atoms with Crippen LogP contribution in [0.5, 0.6) is 0 Å². The fourth-order valence-electron chi connectivity index (χ4n) is 6.24. The van der Waals surface area contributed by atoms with Gasteiger partial charge in [0.05, 0.1) is 0 Å². The molecule has 0 fully saturated rings. The molecule has 6 nitrogen and oxygen atoms in total. The molecule has 1 unspecified atom stereocenters. The monoisotopic (exact) mass is 778 g/mol. The van der Waals surface area contributed by atoms with Gasteiger partial charge in [-0.3, -0.25) is 14.4 Å². The summed E-state index contributed by atoms with van der Waals surface area (Å²) in [5.74, 6) is -1.34. The number of esters is 1. The molecular weight excluding hydrogens is 695 g/mol. The molecule has 0 aromatic rings. The van der Waals surface area contributed by atoms with Crippen molar-refractivity contribution in [2.24, 2.45) is 0 Å². The molecule has 0 aliphatic rings. The maximum atomic E-state index is 12.8. The summed E-state index contributed by atoms with van der Waals surface area (Å²) in [7, 11) is 0. The van der Waals surface area contributed by atoms with E-state index in [1.807, 2.05) is 0 Å². The van der Waals surface area contributed by atoms with Gasteiger partial charge in [0.15, 0.2) is 0 Å². The number of unbranched alkanes of at least 4 members (excludes halogenated alkanes) is 15. The molecule has 0 aliphatic carbocycles. The maximum absolute atomic E-state index is 12.8. The van der Waals surface area contributed by atoms with Crippen molar-refractivity contribution in [1.82, 2.24) is 5.32 Å². The summed E-state index contributed by atoms with van der Waals surface area (Å²) >= 11 is 0. The lowest BCUT2D eigenvalue weighted by molar-refractivity contribution is -0.149. The van der Waals surface area contributed by atoms with Crippen molar-refractivity contribution in [3.8, 4) is 0 Å². The predicted octanol–water partition coefficient (Wildman–Crippen LogP) is 14.3. The summed E-state index contributed by atoms with van der Waals surface area (Å²) in [6.07, 6.45) is 61.4. The number of carboxylic acids is 1. The minimum absolute atomic E-state index is 0.0351. The van der Waals surface area contributed by atoms with E-state index >= 15 is 0 Å². The van der Waals surface area contributed by atoms with Gasteiger partial charge in [0.2, 0.25) is 5.91 Å². The maximum Gasteiger partial charge on any atom is 0.322 e. The fourth-order valence-corrected chi connectivity index (χ4v) is 6.24. The average molecular weight is 778 g/mol. The number of amides is 1. The lowest BCUT2D eigenvalue weighted by atomic mass is 10.0. The molecule has 2 N–H and O–H groups in total. The molecule has 0 heterocycles. The van der Waals surface area contributed by atoms with Gasteiger partial charge in [0, 0.05) is 12.8 Å². The molecule has 318 valence electrons. The first-order valence-electron chi connectivity index (χ1n) is 22.7. The van der Waals surface area contributed by atoms with Gasteiger partial charge in [0.25, 0.3) is 0 Å². The summed E-state index contributed by atoms with van der Waals surface area (Å²) < 4.78 is 5.99. The summed E-state index contributed by atoms with van der Waals surface area (Å²) in [6, 6.07) is 0. The van der Waals surface area contributed by atoms with E-state index in [1.165, 1.54) is 64.2 Å². The Balaban J connectivity index is 4.35. The third-order valence-corrected chi connectivity index (χ3v) is 9.56. The Bertz CT molecular complexity index is 1130. The topological polar surface area (TPSA) is 92.7 Å². The van der Waals surface area contributed by atoms with Crippen LogP contribution in [-0.2, 0) is 19.1 Å². The first-order valence-corrected chi connectivity index (χ1v) is 22.7. The predicted molar refractivity (Wildman–Crippen MR) is 240 cm³/mol. The van der Waals surface area contributed by atoms with Crippen LogP contribution in [0.4, 0.5) is 0 Å². The third kappa shape index (κ3) is 43.3. The van der Waals surface area contributed by atoms with Crippen molar-refractivity contribution in [2.45, 2.75) is 206 Å². The zero-order chi connectivity index (χ0) is 40.8. The number of nitrogens with one attached hydrogen (secondary N) is 1. The average Bonchev–Trinajstić information content (AvgIpc) is 3.18. The molecule has 0 bridgehead atoms. The first kappa shape index (κ1) is 52.6. The number of carbonyl (C=O) groups excluding carboxylic acids is 2. The summed E-state index contributed by atoms with van der Waals surface area (Å²) in [5, 5.41) is 11.1. The van der Waals surface area contributed by atoms with Crippen LogP contribution < -0.4 is 5.32 Å². The van der Waals surface area contributed by atoms with Gasteiger partial charge in [-0.05, 0) is 103 Å². The highest BCUT2D eigenvalue weighted by Gasteiger charge is 2.14. The highest BCUT2D eigenvalue weighted by molar-refractivity contribution is 5.80. The minimum atomic E-state index is -1.02. The molecule has 6 heteroatoms. The number of aliphatic carboxylic acids is 1. The normalized spacial score (nSPS) is 12.9. The van der Waals surface area contributed by atoms with Crippen LogP contribution >= 0.6 is 0 Å². The van der Waals surface area contributed by atoms with Gasteiger partial charge in [-0.15, -0.1) is 0 Å². The second-order valence-corrected chi connectivity index (χ2v) is 14.9. The van der Waals surface area contributed by atoms with E-state index in [0.717, 1.165) is 103 Å². The quantitative estimate of drug-likeness (QED) is 0.0367. The number of allylic oxidation sites excluding steroid dienone is 14. The van der Waals surface area contributed by atoms with Crippen molar-refractivity contribution in [3.63, 3.8) is 0 Å². The first-order chi connectivity index (χ1) is 27.5. The number of carbonyl (C=O) groups is 3. The number of hydrogen-bond donors (Lipinski definition) is 2. The van der Waals surface area contributed by atoms with Crippen LogP contribution in [0.3, 0.4) is 0 Å². The Hall–Kier alpha value is -3.41. The van der Waals surface area contributed by atoms with E-state index in [9.17, 15) is 14.4 Å². The number of carboxylic acid groups (broad SMARTS) is 1. The van der Waals surface area contributed by atoms with Crippen molar-refractivity contribution in [2.75, 3.05) is 6.54 Å². The highest BCUT2D eigenvalue weighted by atomic mass is 16.5. The van der Waals surface area contributed by atoms with Gasteiger partial charge in [-0.2, -0.15) is 0 Å². The second kappa shape index (κ2) is 44.3. The van der Waals surface area contributed by atoms with Crippen LogP contribution in [0, 0.1) is 0 Å². The molecule has 0 spiro atoms. The Morgan fingerprint density at radius 2 is 0.893 bits per heavy atom. The molecule has 0 radical (unpaired) electrons. The van der Waals surface area contributed by atoms with E-state index in [4.69, 9.17) is 9.84 Å². The van der Waals surface area contributed by atoms with E-state index in [-0.39, 0.29) is 24.5 Å². The standard InChI is InChI=1S/C50H83NO5/c1-3-5-7-9-11-13-15-17-19-20-21-22-24-26-28-30-32-37-41-45-50(55)56-47(43-39-35-33-36-40-44-48(52)51-46-49(53)54)42-38-34-31-29-27-25-23-18-16-14-12-10-8-6-4-2/h5,7,11,13,17,19,21-22,25-28,32,37,47H,3-4,6,8-10,12,14-16,18,20,23-24,29-31,33-36,38-46H2,1-2H3,(H,51,52)(H,53,54)/b7-5-,13-11-,19-17-,22-21-,27-25-,28-26-,37-32-. The SMILES string of the molecule is CC/C=C\C/C=C\C/C=C\C/C=C\C/C=C\C/C=C\CCC(=O)OC(CCCCC/C=C\CCCCCCCCCC)CCCCCCCC(=O)NCC(=O)O. The van der Waals surface area contributed by atoms with Gasteiger partial charge >= 0.3 is 11.9 Å². The summed E-state index contributed by atoms with van der Waals surface area (Å²) in [4.78, 5) is 35.1. The van der Waals surface area contributed by atoms with Crippen LogP contribution in [0.25, 0.3) is 0 Å². The fraction of sp³-hybridized carbons (Fsp3) is 0.660. The molecule has 0 saturated carbocycles. The van der Waals surface area contributed by atoms with Crippen LogP contribution in [0.1, 0.15) is 200 Å².